The maximum Gasteiger partial charge on any atom is 0.229 e. The zero-order valence-electron chi connectivity index (χ0n) is 19.5. The highest BCUT2D eigenvalue weighted by molar-refractivity contribution is 5.85. The first kappa shape index (κ1) is 22.8. The zero-order valence-corrected chi connectivity index (χ0v) is 19.5. The van der Waals surface area contributed by atoms with Crippen LogP contribution in [0.25, 0.3) is 5.70 Å². The predicted molar refractivity (Wildman–Crippen MR) is 122 cm³/mol. The van der Waals surface area contributed by atoms with Crippen molar-refractivity contribution in [3.05, 3.63) is 53.6 Å². The van der Waals surface area contributed by atoms with E-state index in [0.29, 0.717) is 5.41 Å². The summed E-state index contributed by atoms with van der Waals surface area (Å²) in [5.74, 6) is -1.16. The van der Waals surface area contributed by atoms with Gasteiger partial charge in [-0.3, -0.25) is 4.79 Å². The fraction of sp³-hybridized carbons (Fsp3) is 0.577. The number of benzene rings is 1. The summed E-state index contributed by atoms with van der Waals surface area (Å²) in [4.78, 5) is 15.6. The first-order valence-electron chi connectivity index (χ1n) is 11.5. The second-order valence-electron chi connectivity index (χ2n) is 10.7. The number of hydrogen-bond donors (Lipinski definition) is 0. The molecule has 0 aromatic heterocycles. The molecule has 0 radical (unpaired) electrons. The van der Waals surface area contributed by atoms with Crippen molar-refractivity contribution in [3.63, 3.8) is 0 Å². The standard InChI is InChI=1S/C26H33F2N3O/c1-17(14-21(30-29-5)22-19(27)8-6-9-20(22)28)18-10-13-25(4,24(18,2)3)23(32)31-15-26(16-31)11-7-12-26/h6,8-9,14,18H,1,7,10-13,15-16H2,2-5H3/b21-14-,30-29-. The Morgan fingerprint density at radius 1 is 1.16 bits per heavy atom. The summed E-state index contributed by atoms with van der Waals surface area (Å²) in [7, 11) is 1.46. The Kier molecular flexibility index (Phi) is 5.62. The lowest BCUT2D eigenvalue weighted by Gasteiger charge is -2.58. The zero-order chi connectivity index (χ0) is 23.3. The lowest BCUT2D eigenvalue weighted by Crippen LogP contribution is -2.64. The van der Waals surface area contributed by atoms with Crippen molar-refractivity contribution in [2.75, 3.05) is 20.1 Å². The van der Waals surface area contributed by atoms with Crippen molar-refractivity contribution in [2.24, 2.45) is 32.4 Å². The van der Waals surface area contributed by atoms with Crippen LogP contribution in [-0.4, -0.2) is 30.9 Å². The molecule has 1 heterocycles. The van der Waals surface area contributed by atoms with Gasteiger partial charge in [-0.25, -0.2) is 8.78 Å². The normalized spacial score (nSPS) is 28.6. The number of amides is 1. The Bertz CT molecular complexity index is 980. The van der Waals surface area contributed by atoms with Crippen LogP contribution in [0.3, 0.4) is 0 Å². The Hall–Kier alpha value is -2.37. The van der Waals surface area contributed by atoms with Crippen LogP contribution in [0.4, 0.5) is 8.78 Å². The summed E-state index contributed by atoms with van der Waals surface area (Å²) in [6, 6.07) is 3.74. The SMILES string of the molecule is C=C(/C=C(\N=N/C)c1c(F)cccc1F)C1CCC(C)(C(=O)N2CC3(CCC3)C2)C1(C)C. The topological polar surface area (TPSA) is 45.0 Å². The summed E-state index contributed by atoms with van der Waals surface area (Å²) in [5.41, 5.74) is 0.150. The molecule has 4 nitrogen and oxygen atoms in total. The van der Waals surface area contributed by atoms with Gasteiger partial charge < -0.3 is 4.90 Å². The highest BCUT2D eigenvalue weighted by Crippen LogP contribution is 2.60. The molecule has 0 N–H and O–H groups in total. The van der Waals surface area contributed by atoms with Gasteiger partial charge in [0.1, 0.15) is 11.6 Å². The van der Waals surface area contributed by atoms with Crippen LogP contribution in [0, 0.1) is 33.8 Å². The number of hydrogen-bond acceptors (Lipinski definition) is 3. The Morgan fingerprint density at radius 3 is 2.31 bits per heavy atom. The van der Waals surface area contributed by atoms with Gasteiger partial charge in [0.05, 0.1) is 16.7 Å². The number of halogens is 2. The molecule has 2 atom stereocenters. The van der Waals surface area contributed by atoms with Crippen molar-refractivity contribution in [1.82, 2.24) is 4.90 Å². The molecule has 1 spiro atoms. The van der Waals surface area contributed by atoms with Crippen LogP contribution in [-0.2, 0) is 4.79 Å². The van der Waals surface area contributed by atoms with Crippen molar-refractivity contribution in [1.29, 1.82) is 0 Å². The van der Waals surface area contributed by atoms with Crippen LogP contribution < -0.4 is 0 Å². The summed E-state index contributed by atoms with van der Waals surface area (Å²) >= 11 is 0. The number of likely N-dealkylation sites (tertiary alicyclic amines) is 1. The highest BCUT2D eigenvalue weighted by Gasteiger charge is 2.60. The van der Waals surface area contributed by atoms with E-state index >= 15 is 0 Å². The molecular weight excluding hydrogens is 408 g/mol. The molecule has 1 aliphatic heterocycles. The molecule has 1 saturated heterocycles. The van der Waals surface area contributed by atoms with Gasteiger partial charge in [-0.05, 0) is 60.8 Å². The van der Waals surface area contributed by atoms with Gasteiger partial charge in [-0.2, -0.15) is 10.2 Å². The smallest absolute Gasteiger partial charge is 0.229 e. The molecule has 2 aliphatic carbocycles. The molecule has 0 bridgehead atoms. The average molecular weight is 442 g/mol. The van der Waals surface area contributed by atoms with E-state index in [1.54, 1.807) is 6.08 Å². The number of rotatable bonds is 5. The van der Waals surface area contributed by atoms with Crippen molar-refractivity contribution in [2.45, 2.75) is 52.9 Å². The van der Waals surface area contributed by atoms with Crippen molar-refractivity contribution >= 4 is 11.6 Å². The highest BCUT2D eigenvalue weighted by atomic mass is 19.1. The predicted octanol–water partition coefficient (Wildman–Crippen LogP) is 6.40. The molecule has 3 aliphatic rings. The number of carbonyl (C=O) groups is 1. The van der Waals surface area contributed by atoms with Gasteiger partial charge in [0.2, 0.25) is 5.91 Å². The van der Waals surface area contributed by atoms with Gasteiger partial charge in [-0.1, -0.05) is 39.8 Å². The minimum absolute atomic E-state index is 0.00715. The van der Waals surface area contributed by atoms with Gasteiger partial charge in [0, 0.05) is 25.6 Å². The van der Waals surface area contributed by atoms with E-state index in [4.69, 9.17) is 0 Å². The number of carbonyl (C=O) groups excluding carboxylic acids is 1. The fourth-order valence-electron chi connectivity index (χ4n) is 6.06. The van der Waals surface area contributed by atoms with Crippen molar-refractivity contribution in [3.8, 4) is 0 Å². The van der Waals surface area contributed by atoms with Crippen LogP contribution in [0.5, 0.6) is 0 Å². The molecule has 1 amide bonds. The van der Waals surface area contributed by atoms with E-state index in [9.17, 15) is 13.6 Å². The van der Waals surface area contributed by atoms with Gasteiger partial charge in [-0.15, -0.1) is 0 Å². The van der Waals surface area contributed by atoms with Crippen LogP contribution >= 0.6 is 0 Å². The molecule has 4 rings (SSSR count). The minimum Gasteiger partial charge on any atom is -0.341 e. The number of allylic oxidation sites excluding steroid dienone is 2. The third-order valence-electron chi connectivity index (χ3n) is 8.65. The summed E-state index contributed by atoms with van der Waals surface area (Å²) in [5, 5.41) is 7.76. The third kappa shape index (κ3) is 3.43. The van der Waals surface area contributed by atoms with E-state index in [1.165, 1.54) is 44.5 Å². The Labute approximate surface area is 189 Å². The van der Waals surface area contributed by atoms with Crippen molar-refractivity contribution < 1.29 is 13.6 Å². The lowest BCUT2D eigenvalue weighted by molar-refractivity contribution is -0.165. The van der Waals surface area contributed by atoms with Gasteiger partial charge >= 0.3 is 0 Å². The second-order valence-corrected chi connectivity index (χ2v) is 10.7. The molecule has 2 saturated carbocycles. The molecular formula is C26H33F2N3O. The Balaban J connectivity index is 1.58. The summed E-state index contributed by atoms with van der Waals surface area (Å²) in [6.45, 7) is 12.3. The van der Waals surface area contributed by atoms with Crippen LogP contribution in [0.2, 0.25) is 0 Å². The third-order valence-corrected chi connectivity index (χ3v) is 8.65. The molecule has 1 aromatic rings. The molecule has 32 heavy (non-hydrogen) atoms. The second kappa shape index (κ2) is 7.89. The van der Waals surface area contributed by atoms with E-state index in [2.05, 4.69) is 37.6 Å². The van der Waals surface area contributed by atoms with Gasteiger partial charge in [0.25, 0.3) is 0 Å². The molecule has 172 valence electrons. The summed E-state index contributed by atoms with van der Waals surface area (Å²) in [6.07, 6.45) is 6.94. The van der Waals surface area contributed by atoms with Crippen LogP contribution in [0.15, 0.2) is 46.7 Å². The maximum absolute atomic E-state index is 14.4. The molecule has 3 fully saturated rings. The quantitative estimate of drug-likeness (QED) is 0.385. The lowest BCUT2D eigenvalue weighted by atomic mass is 9.60. The monoisotopic (exact) mass is 441 g/mol. The number of azo groups is 1. The van der Waals surface area contributed by atoms with E-state index in [1.807, 2.05) is 4.90 Å². The van der Waals surface area contributed by atoms with Crippen LogP contribution in [0.1, 0.15) is 58.4 Å². The molecule has 2 unspecified atom stereocenters. The first-order chi connectivity index (χ1) is 15.0. The molecule has 6 heteroatoms. The van der Waals surface area contributed by atoms with Gasteiger partial charge in [0.15, 0.2) is 0 Å². The number of nitrogens with zero attached hydrogens (tertiary/aromatic N) is 3. The average Bonchev–Trinajstić information content (AvgIpc) is 2.89. The largest absolute Gasteiger partial charge is 0.341 e. The Morgan fingerprint density at radius 2 is 1.78 bits per heavy atom. The van der Waals surface area contributed by atoms with E-state index in [0.717, 1.165) is 31.5 Å². The summed E-state index contributed by atoms with van der Waals surface area (Å²) < 4.78 is 28.8. The minimum atomic E-state index is -0.690. The fourth-order valence-corrected chi connectivity index (χ4v) is 6.06. The first-order valence-corrected chi connectivity index (χ1v) is 11.5. The maximum atomic E-state index is 14.4. The van der Waals surface area contributed by atoms with E-state index < -0.39 is 17.0 Å². The molecule has 1 aromatic carbocycles. The van der Waals surface area contributed by atoms with E-state index in [-0.39, 0.29) is 28.5 Å².